The quantitative estimate of drug-likeness (QED) is 0.0295. The second-order valence-electron chi connectivity index (χ2n) is 18.9. The van der Waals surface area contributed by atoms with Gasteiger partial charge in [0.15, 0.2) is 6.29 Å². The number of hydrogen-bond acceptors (Lipinski definition) is 9. The van der Waals surface area contributed by atoms with E-state index in [1.54, 1.807) is 0 Å². The molecule has 1 aliphatic rings. The Kier molecular flexibility index (Phi) is 37.8. The first kappa shape index (κ1) is 57.2. The van der Waals surface area contributed by atoms with Crippen LogP contribution in [-0.2, 0) is 14.3 Å². The smallest absolute Gasteiger partial charge is 0.220 e. The Hall–Kier alpha value is -0.850. The van der Waals surface area contributed by atoms with Gasteiger partial charge in [-0.2, -0.15) is 0 Å². The van der Waals surface area contributed by atoms with Gasteiger partial charge >= 0.3 is 0 Å². The number of aliphatic hydroxyl groups is 6. The SMILES string of the molecule is CCCCCCCCCCCCCCCCCCCCCCCCCCC(=O)N[C@@H](CO[C@@H]1O[C@H](CO)[C@@H](O)[C@H](O)[C@H]1O)[C@H](O)[C@H](O)CCCCCCCCCCC(C)C. The Morgan fingerprint density at radius 3 is 1.33 bits per heavy atom. The van der Waals surface area contributed by atoms with E-state index in [4.69, 9.17) is 9.47 Å². The van der Waals surface area contributed by atoms with Crippen molar-refractivity contribution in [3.63, 3.8) is 0 Å². The molecule has 1 amide bonds. The maximum absolute atomic E-state index is 13.0. The van der Waals surface area contributed by atoms with Crippen molar-refractivity contribution in [1.29, 1.82) is 0 Å². The molecule has 10 heteroatoms. The molecule has 0 aromatic rings. The van der Waals surface area contributed by atoms with Crippen molar-refractivity contribution in [2.24, 2.45) is 5.92 Å². The van der Waals surface area contributed by atoms with Gasteiger partial charge in [-0.05, 0) is 18.8 Å². The van der Waals surface area contributed by atoms with Crippen LogP contribution in [0.2, 0.25) is 0 Å². The second kappa shape index (κ2) is 39.7. The molecule has 1 heterocycles. The van der Waals surface area contributed by atoms with E-state index < -0.39 is 55.6 Å². The van der Waals surface area contributed by atoms with E-state index in [1.165, 1.54) is 167 Å². The molecule has 0 saturated carbocycles. The summed E-state index contributed by atoms with van der Waals surface area (Å²) in [5, 5.41) is 65.2. The van der Waals surface area contributed by atoms with Crippen molar-refractivity contribution in [3.8, 4) is 0 Å². The van der Waals surface area contributed by atoms with Crippen LogP contribution in [0.25, 0.3) is 0 Å². The Morgan fingerprint density at radius 2 is 0.933 bits per heavy atom. The molecule has 0 bridgehead atoms. The average Bonchev–Trinajstić information content (AvgIpc) is 3.23. The van der Waals surface area contributed by atoms with Gasteiger partial charge in [0.2, 0.25) is 5.91 Å². The van der Waals surface area contributed by atoms with Crippen LogP contribution in [0.5, 0.6) is 0 Å². The molecule has 358 valence electrons. The number of hydrogen-bond donors (Lipinski definition) is 7. The van der Waals surface area contributed by atoms with Crippen LogP contribution in [0.15, 0.2) is 0 Å². The average molecular weight is 858 g/mol. The second-order valence-corrected chi connectivity index (χ2v) is 18.9. The molecule has 8 atom stereocenters. The first-order valence-corrected chi connectivity index (χ1v) is 25.7. The number of aliphatic hydroxyl groups excluding tert-OH is 6. The molecule has 0 aromatic heterocycles. The highest BCUT2D eigenvalue weighted by molar-refractivity contribution is 5.76. The lowest BCUT2D eigenvalue weighted by molar-refractivity contribution is -0.303. The molecule has 10 nitrogen and oxygen atoms in total. The summed E-state index contributed by atoms with van der Waals surface area (Å²) in [5.74, 6) is 0.507. The normalized spacial score (nSPS) is 21.1. The third kappa shape index (κ3) is 30.3. The number of unbranched alkanes of at least 4 members (excludes halogenated alkanes) is 30. The van der Waals surface area contributed by atoms with E-state index >= 15 is 0 Å². The fourth-order valence-electron chi connectivity index (χ4n) is 8.56. The lowest BCUT2D eigenvalue weighted by atomic mass is 9.98. The van der Waals surface area contributed by atoms with Gasteiger partial charge in [0.1, 0.15) is 30.5 Å². The van der Waals surface area contributed by atoms with Gasteiger partial charge in [0.25, 0.3) is 0 Å². The Bertz CT molecular complexity index is 939. The first-order chi connectivity index (χ1) is 29.1. The molecule has 0 aliphatic carbocycles. The van der Waals surface area contributed by atoms with Crippen LogP contribution in [-0.4, -0.2) is 98.7 Å². The molecule has 1 rings (SSSR count). The standard InChI is InChI=1S/C50H99NO9/c1-4-5-6-7-8-9-10-11-12-13-14-15-16-17-18-19-20-21-22-23-24-29-32-35-38-45(54)51-42(40-59-50-49(58)48(57)47(56)44(39-52)60-50)46(55)43(53)37-34-31-28-26-25-27-30-33-36-41(2)3/h41-44,46-50,52-53,55-58H,4-40H2,1-3H3,(H,51,54)/t42-,43+,44+,46-,47+,48-,49+,50+/m0/s1. The monoisotopic (exact) mass is 858 g/mol. The van der Waals surface area contributed by atoms with Crippen molar-refractivity contribution in [1.82, 2.24) is 5.32 Å². The summed E-state index contributed by atoms with van der Waals surface area (Å²) in [6, 6.07) is -0.986. The third-order valence-corrected chi connectivity index (χ3v) is 12.7. The predicted octanol–water partition coefficient (Wildman–Crippen LogP) is 10.3. The highest BCUT2D eigenvalue weighted by atomic mass is 16.7. The molecule has 0 aromatic carbocycles. The van der Waals surface area contributed by atoms with Crippen LogP contribution in [0.3, 0.4) is 0 Å². The summed E-state index contributed by atoms with van der Waals surface area (Å²) >= 11 is 0. The maximum Gasteiger partial charge on any atom is 0.220 e. The van der Waals surface area contributed by atoms with Crippen molar-refractivity contribution < 1.29 is 44.9 Å². The minimum atomic E-state index is -1.60. The van der Waals surface area contributed by atoms with Crippen LogP contribution < -0.4 is 5.32 Å². The van der Waals surface area contributed by atoms with Gasteiger partial charge in [0.05, 0.1) is 25.4 Å². The Morgan fingerprint density at radius 1 is 0.550 bits per heavy atom. The third-order valence-electron chi connectivity index (χ3n) is 12.7. The van der Waals surface area contributed by atoms with Crippen LogP contribution >= 0.6 is 0 Å². The summed E-state index contributed by atoms with van der Waals surface area (Å²) in [5.41, 5.74) is 0. The lowest BCUT2D eigenvalue weighted by Gasteiger charge is -2.40. The van der Waals surface area contributed by atoms with Gasteiger partial charge in [-0.3, -0.25) is 4.79 Å². The molecular weight excluding hydrogens is 759 g/mol. The predicted molar refractivity (Wildman–Crippen MR) is 246 cm³/mol. The molecule has 60 heavy (non-hydrogen) atoms. The van der Waals surface area contributed by atoms with E-state index in [1.807, 2.05) is 0 Å². The minimum Gasteiger partial charge on any atom is -0.394 e. The van der Waals surface area contributed by atoms with Gasteiger partial charge in [-0.15, -0.1) is 0 Å². The molecule has 1 aliphatic heterocycles. The molecule has 0 spiro atoms. The largest absolute Gasteiger partial charge is 0.394 e. The first-order valence-electron chi connectivity index (χ1n) is 25.7. The van der Waals surface area contributed by atoms with Crippen molar-refractivity contribution in [3.05, 3.63) is 0 Å². The molecular formula is C50H99NO9. The highest BCUT2D eigenvalue weighted by Gasteiger charge is 2.44. The van der Waals surface area contributed by atoms with Gasteiger partial charge in [-0.25, -0.2) is 0 Å². The Balaban J connectivity index is 2.25. The van der Waals surface area contributed by atoms with E-state index in [-0.39, 0.29) is 18.9 Å². The minimum absolute atomic E-state index is 0.254. The number of amides is 1. The Labute approximate surface area is 368 Å². The summed E-state index contributed by atoms with van der Waals surface area (Å²) in [4.78, 5) is 13.0. The van der Waals surface area contributed by atoms with Crippen LogP contribution in [0.4, 0.5) is 0 Å². The lowest BCUT2D eigenvalue weighted by Crippen LogP contribution is -2.60. The van der Waals surface area contributed by atoms with E-state index in [2.05, 4.69) is 26.1 Å². The van der Waals surface area contributed by atoms with Crippen LogP contribution in [0.1, 0.15) is 245 Å². The van der Waals surface area contributed by atoms with Gasteiger partial charge < -0.3 is 45.4 Å². The van der Waals surface area contributed by atoms with E-state index in [9.17, 15) is 35.4 Å². The summed E-state index contributed by atoms with van der Waals surface area (Å²) in [6.45, 7) is 5.92. The summed E-state index contributed by atoms with van der Waals surface area (Å²) in [6.07, 6.45) is 32.8. The zero-order valence-electron chi connectivity index (χ0n) is 39.3. The van der Waals surface area contributed by atoms with E-state index in [0.717, 1.165) is 50.9 Å². The summed E-state index contributed by atoms with van der Waals surface area (Å²) < 4.78 is 11.2. The maximum atomic E-state index is 13.0. The number of carbonyl (C=O) groups excluding carboxylic acids is 1. The molecule has 0 radical (unpaired) electrons. The number of carbonyl (C=O) groups is 1. The highest BCUT2D eigenvalue weighted by Crippen LogP contribution is 2.23. The molecule has 0 unspecified atom stereocenters. The zero-order chi connectivity index (χ0) is 44.1. The van der Waals surface area contributed by atoms with Crippen molar-refractivity contribution in [2.75, 3.05) is 13.2 Å². The van der Waals surface area contributed by atoms with Crippen molar-refractivity contribution in [2.45, 2.75) is 294 Å². The fraction of sp³-hybridized carbons (Fsp3) is 0.980. The molecule has 1 fully saturated rings. The zero-order valence-corrected chi connectivity index (χ0v) is 39.3. The number of ether oxygens (including phenoxy) is 2. The fourth-order valence-corrected chi connectivity index (χ4v) is 8.56. The van der Waals surface area contributed by atoms with Crippen LogP contribution in [0, 0.1) is 5.92 Å². The molecule has 7 N–H and O–H groups in total. The number of nitrogens with one attached hydrogen (secondary N) is 1. The number of rotatable bonds is 43. The molecule has 1 saturated heterocycles. The van der Waals surface area contributed by atoms with Crippen molar-refractivity contribution >= 4 is 5.91 Å². The van der Waals surface area contributed by atoms with Gasteiger partial charge in [0, 0.05) is 6.42 Å². The van der Waals surface area contributed by atoms with E-state index in [0.29, 0.717) is 6.42 Å². The summed E-state index contributed by atoms with van der Waals surface area (Å²) in [7, 11) is 0. The van der Waals surface area contributed by atoms with Gasteiger partial charge in [-0.1, -0.05) is 226 Å². The topological polar surface area (TPSA) is 169 Å².